The fourth-order valence-corrected chi connectivity index (χ4v) is 2.01. The lowest BCUT2D eigenvalue weighted by molar-refractivity contribution is -0.123. The van der Waals surface area contributed by atoms with Gasteiger partial charge in [-0.25, -0.2) is 4.79 Å². The van der Waals surface area contributed by atoms with E-state index in [2.05, 4.69) is 4.98 Å². The number of aromatic nitrogens is 1. The zero-order chi connectivity index (χ0) is 14.1. The van der Waals surface area contributed by atoms with Crippen LogP contribution >= 0.6 is 0 Å². The first-order chi connectivity index (χ1) is 9.65. The van der Waals surface area contributed by atoms with E-state index < -0.39 is 17.8 Å². The number of amides is 4. The maximum absolute atomic E-state index is 11.7. The number of imide groups is 2. The Morgan fingerprint density at radius 2 is 1.65 bits per heavy atom. The first kappa shape index (κ1) is 12.0. The molecule has 6 heteroatoms. The number of hydrogen-bond acceptors (Lipinski definition) is 4. The lowest BCUT2D eigenvalue weighted by Gasteiger charge is -2.14. The lowest BCUT2D eigenvalue weighted by Crippen LogP contribution is -2.51. The van der Waals surface area contributed by atoms with E-state index in [1.54, 1.807) is 24.4 Å². The number of carbonyl (C=O) groups is 3. The zero-order valence-corrected chi connectivity index (χ0v) is 10.2. The van der Waals surface area contributed by atoms with Crippen molar-refractivity contribution in [3.8, 4) is 0 Å². The maximum Gasteiger partial charge on any atom is 0.328 e. The Bertz CT molecular complexity index is 753. The summed E-state index contributed by atoms with van der Waals surface area (Å²) < 4.78 is 0. The van der Waals surface area contributed by atoms with Gasteiger partial charge in [0.25, 0.3) is 11.8 Å². The number of rotatable bonds is 1. The predicted octanol–water partition coefficient (Wildman–Crippen LogP) is 0.984. The Labute approximate surface area is 113 Å². The normalized spacial score (nSPS) is 15.0. The monoisotopic (exact) mass is 267 g/mol. The van der Waals surface area contributed by atoms with Crippen LogP contribution in [0.5, 0.6) is 0 Å². The number of nitrogens with one attached hydrogen (secondary N) is 2. The van der Waals surface area contributed by atoms with E-state index in [1.807, 2.05) is 22.8 Å². The molecule has 1 aliphatic heterocycles. The van der Waals surface area contributed by atoms with E-state index >= 15 is 0 Å². The number of carbonyl (C=O) groups excluding carboxylic acids is 3. The summed E-state index contributed by atoms with van der Waals surface area (Å²) in [4.78, 5) is 38.6. The van der Waals surface area contributed by atoms with Gasteiger partial charge in [0.1, 0.15) is 5.57 Å². The van der Waals surface area contributed by atoms with Crippen molar-refractivity contribution in [3.63, 3.8) is 0 Å². The minimum atomic E-state index is -0.812. The molecule has 4 amide bonds. The summed E-state index contributed by atoms with van der Waals surface area (Å²) in [5.41, 5.74) is 1.19. The highest BCUT2D eigenvalue weighted by Crippen LogP contribution is 2.19. The first-order valence-electron chi connectivity index (χ1n) is 5.87. The van der Waals surface area contributed by atoms with Crippen molar-refractivity contribution in [2.75, 3.05) is 0 Å². The van der Waals surface area contributed by atoms with Gasteiger partial charge in [0.2, 0.25) is 0 Å². The fourth-order valence-electron chi connectivity index (χ4n) is 2.01. The van der Waals surface area contributed by atoms with Crippen molar-refractivity contribution in [2.45, 2.75) is 0 Å². The molecule has 0 spiro atoms. The Morgan fingerprint density at radius 3 is 2.40 bits per heavy atom. The number of urea groups is 1. The number of nitrogens with zero attached hydrogens (tertiary/aromatic N) is 1. The van der Waals surface area contributed by atoms with E-state index in [4.69, 9.17) is 0 Å². The highest BCUT2D eigenvalue weighted by Gasteiger charge is 2.27. The van der Waals surface area contributed by atoms with E-state index in [-0.39, 0.29) is 5.57 Å². The van der Waals surface area contributed by atoms with Gasteiger partial charge in [0, 0.05) is 17.1 Å². The zero-order valence-electron chi connectivity index (χ0n) is 10.2. The van der Waals surface area contributed by atoms with Crippen LogP contribution in [0.4, 0.5) is 4.79 Å². The average Bonchev–Trinajstić information content (AvgIpc) is 2.43. The minimum absolute atomic E-state index is 0.122. The van der Waals surface area contributed by atoms with E-state index in [0.29, 0.717) is 11.1 Å². The van der Waals surface area contributed by atoms with Crippen LogP contribution in [0, 0.1) is 0 Å². The van der Waals surface area contributed by atoms with Crippen LogP contribution in [0.2, 0.25) is 0 Å². The summed E-state index contributed by atoms with van der Waals surface area (Å²) >= 11 is 0. The van der Waals surface area contributed by atoms with Crippen LogP contribution in [0.15, 0.2) is 42.1 Å². The predicted molar refractivity (Wildman–Crippen MR) is 71.4 cm³/mol. The van der Waals surface area contributed by atoms with Gasteiger partial charge < -0.3 is 0 Å². The molecule has 0 aliphatic carbocycles. The fraction of sp³-hybridized carbons (Fsp3) is 0. The van der Waals surface area contributed by atoms with Crippen molar-refractivity contribution in [2.24, 2.45) is 0 Å². The maximum atomic E-state index is 11.7. The molecule has 1 aromatic heterocycles. The average molecular weight is 267 g/mol. The highest BCUT2D eigenvalue weighted by molar-refractivity contribution is 6.31. The van der Waals surface area contributed by atoms with Gasteiger partial charge in [-0.2, -0.15) is 0 Å². The molecule has 20 heavy (non-hydrogen) atoms. The largest absolute Gasteiger partial charge is 0.328 e. The van der Waals surface area contributed by atoms with Crippen LogP contribution < -0.4 is 10.6 Å². The third kappa shape index (κ3) is 2.03. The van der Waals surface area contributed by atoms with Crippen LogP contribution in [0.25, 0.3) is 17.0 Å². The molecule has 2 heterocycles. The second-order valence-corrected chi connectivity index (χ2v) is 4.22. The number of hydrogen-bond donors (Lipinski definition) is 2. The molecule has 1 aromatic carbocycles. The van der Waals surface area contributed by atoms with E-state index in [1.165, 1.54) is 6.08 Å². The van der Waals surface area contributed by atoms with Gasteiger partial charge in [-0.15, -0.1) is 0 Å². The number of para-hydroxylation sites is 1. The number of benzene rings is 1. The van der Waals surface area contributed by atoms with Gasteiger partial charge >= 0.3 is 6.03 Å². The Morgan fingerprint density at radius 1 is 0.950 bits per heavy atom. The first-order valence-corrected chi connectivity index (χ1v) is 5.87. The van der Waals surface area contributed by atoms with Crippen LogP contribution in [-0.2, 0) is 9.59 Å². The SMILES string of the molecule is O=C1NC(=O)C(=Cc2cccc3cccnc23)C(=O)N1. The van der Waals surface area contributed by atoms with E-state index in [9.17, 15) is 14.4 Å². The van der Waals surface area contributed by atoms with Crippen LogP contribution in [0.1, 0.15) is 5.56 Å². The standard InChI is InChI=1S/C14H9N3O3/c18-12-10(13(19)17-14(20)16-12)7-9-4-1-3-8-5-2-6-15-11(8)9/h1-7H,(H2,16,17,18,19,20). The Balaban J connectivity index is 2.12. The van der Waals surface area contributed by atoms with Crippen LogP contribution in [-0.4, -0.2) is 22.8 Å². The molecule has 0 radical (unpaired) electrons. The Hall–Kier alpha value is -3.02. The molecule has 1 fully saturated rings. The molecule has 0 saturated carbocycles. The summed E-state index contributed by atoms with van der Waals surface area (Å²) in [5.74, 6) is -1.43. The summed E-state index contributed by atoms with van der Waals surface area (Å²) in [7, 11) is 0. The van der Waals surface area contributed by atoms with Crippen molar-refractivity contribution in [3.05, 3.63) is 47.7 Å². The van der Waals surface area contributed by atoms with Crippen molar-refractivity contribution < 1.29 is 14.4 Å². The summed E-state index contributed by atoms with van der Waals surface area (Å²) in [5, 5.41) is 4.96. The second kappa shape index (κ2) is 4.58. The molecule has 0 bridgehead atoms. The quantitative estimate of drug-likeness (QED) is 0.595. The van der Waals surface area contributed by atoms with Gasteiger partial charge in [-0.3, -0.25) is 25.2 Å². The second-order valence-electron chi connectivity index (χ2n) is 4.22. The summed E-state index contributed by atoms with van der Waals surface area (Å²) in [6.45, 7) is 0. The van der Waals surface area contributed by atoms with Crippen molar-refractivity contribution >= 4 is 34.8 Å². The third-order valence-corrected chi connectivity index (χ3v) is 2.91. The lowest BCUT2D eigenvalue weighted by atomic mass is 10.1. The minimum Gasteiger partial charge on any atom is -0.273 e. The molecular formula is C14H9N3O3. The number of barbiturate groups is 1. The molecule has 6 nitrogen and oxygen atoms in total. The smallest absolute Gasteiger partial charge is 0.273 e. The molecular weight excluding hydrogens is 258 g/mol. The Kier molecular flexibility index (Phi) is 2.76. The molecule has 3 rings (SSSR count). The van der Waals surface area contributed by atoms with Gasteiger partial charge in [0.15, 0.2) is 0 Å². The van der Waals surface area contributed by atoms with Crippen molar-refractivity contribution in [1.82, 2.24) is 15.6 Å². The van der Waals surface area contributed by atoms with Gasteiger partial charge in [-0.1, -0.05) is 24.3 Å². The molecule has 2 aromatic rings. The van der Waals surface area contributed by atoms with E-state index in [0.717, 1.165) is 5.39 Å². The number of pyridine rings is 1. The molecule has 1 aliphatic rings. The third-order valence-electron chi connectivity index (χ3n) is 2.91. The highest BCUT2D eigenvalue weighted by atomic mass is 16.2. The van der Waals surface area contributed by atoms with Gasteiger partial charge in [-0.05, 0) is 12.1 Å². The molecule has 2 N–H and O–H groups in total. The topological polar surface area (TPSA) is 88.2 Å². The molecule has 0 unspecified atom stereocenters. The molecule has 0 atom stereocenters. The van der Waals surface area contributed by atoms with Crippen LogP contribution in [0.3, 0.4) is 0 Å². The molecule has 98 valence electrons. The number of fused-ring (bicyclic) bond motifs is 1. The summed E-state index contributed by atoms with van der Waals surface area (Å²) in [6.07, 6.45) is 3.06. The molecule has 1 saturated heterocycles. The van der Waals surface area contributed by atoms with Crippen molar-refractivity contribution in [1.29, 1.82) is 0 Å². The van der Waals surface area contributed by atoms with Gasteiger partial charge in [0.05, 0.1) is 5.52 Å². The summed E-state index contributed by atoms with van der Waals surface area (Å²) in [6, 6.07) is 8.31.